The van der Waals surface area contributed by atoms with Crippen LogP contribution in [0.2, 0.25) is 0 Å². The van der Waals surface area contributed by atoms with Crippen LogP contribution in [0, 0.1) is 0 Å². The second kappa shape index (κ2) is 17.9. The first-order valence-corrected chi connectivity index (χ1v) is 5.02. The van der Waals surface area contributed by atoms with Gasteiger partial charge in [-0.3, -0.25) is 0 Å². The van der Waals surface area contributed by atoms with Crippen molar-refractivity contribution in [3.63, 3.8) is 0 Å². The van der Waals surface area contributed by atoms with E-state index in [1.54, 1.807) is 0 Å². The molecule has 1 aliphatic rings. The molecule has 1 rings (SSSR count). The summed E-state index contributed by atoms with van der Waals surface area (Å²) in [4.78, 5) is 19.0. The van der Waals surface area contributed by atoms with Crippen molar-refractivity contribution in [1.29, 1.82) is 0 Å². The fraction of sp³-hybridized carbons (Fsp3) is 0.800. The smallest absolute Gasteiger partial charge is 0.693 e. The van der Waals surface area contributed by atoms with Gasteiger partial charge in [-0.25, -0.2) is 0 Å². The Hall–Kier alpha value is -0.452. The fourth-order valence-electron chi connectivity index (χ4n) is 1.26. The molecule has 0 aromatic carbocycles. The summed E-state index contributed by atoms with van der Waals surface area (Å²) in [7, 11) is 0. The fourth-order valence-corrected chi connectivity index (χ4v) is 1.26. The van der Waals surface area contributed by atoms with Gasteiger partial charge in [0.25, 0.3) is 0 Å². The van der Waals surface area contributed by atoms with Crippen molar-refractivity contribution < 1.29 is 40.9 Å². The molecule has 0 atom stereocenters. The van der Waals surface area contributed by atoms with Crippen molar-refractivity contribution in [3.8, 4) is 0 Å². The van der Waals surface area contributed by atoms with Crippen LogP contribution in [0.4, 0.5) is 0 Å². The molecule has 7 heteroatoms. The molecular formula is C10H20N2O4Pt. The Labute approximate surface area is 117 Å². The molecule has 4 N–H and O–H groups in total. The first-order chi connectivity index (χ1) is 6.63. The van der Waals surface area contributed by atoms with Crippen LogP contribution in [0.15, 0.2) is 0 Å². The normalized spacial score (nSPS) is 12.5. The van der Waals surface area contributed by atoms with Crippen LogP contribution in [0.1, 0.15) is 51.4 Å². The summed E-state index contributed by atoms with van der Waals surface area (Å²) in [6, 6.07) is 0. The second-order valence-electron chi connectivity index (χ2n) is 3.37. The summed E-state index contributed by atoms with van der Waals surface area (Å²) in [6.45, 7) is 0. The van der Waals surface area contributed by atoms with E-state index in [2.05, 4.69) is 0 Å². The number of hydrogen-bond acceptors (Lipinski definition) is 4. The van der Waals surface area contributed by atoms with Crippen LogP contribution in [-0.2, 0) is 30.7 Å². The number of carboxylic acid groups (broad SMARTS) is 2. The number of hydrogen-bond donors (Lipinski definition) is 0. The number of aliphatic carboxylic acids is 2. The van der Waals surface area contributed by atoms with E-state index in [9.17, 15) is 19.8 Å². The minimum Gasteiger partial charge on any atom is -0.693 e. The monoisotopic (exact) mass is 427 g/mol. The van der Waals surface area contributed by atoms with Gasteiger partial charge in [0, 0.05) is 11.9 Å². The van der Waals surface area contributed by atoms with E-state index < -0.39 is 24.8 Å². The molecule has 104 valence electrons. The molecule has 0 bridgehead atoms. The molecule has 17 heavy (non-hydrogen) atoms. The maximum atomic E-state index is 9.50. The summed E-state index contributed by atoms with van der Waals surface area (Å²) in [5.74, 6) is -2.73. The van der Waals surface area contributed by atoms with Crippen LogP contribution >= 0.6 is 0 Å². The number of carbonyl (C=O) groups excluding carboxylic acids is 2. The predicted octanol–water partition coefficient (Wildman–Crippen LogP) is 1.04. The van der Waals surface area contributed by atoms with Crippen LogP contribution < -0.4 is 10.2 Å². The predicted molar refractivity (Wildman–Crippen MR) is 57.5 cm³/mol. The molecule has 0 unspecified atom stereocenters. The first-order valence-electron chi connectivity index (χ1n) is 5.02. The molecule has 0 spiro atoms. The minimum atomic E-state index is -1.37. The van der Waals surface area contributed by atoms with E-state index in [1.807, 2.05) is 0 Å². The zero-order valence-electron chi connectivity index (χ0n) is 9.76. The molecule has 0 heterocycles. The van der Waals surface area contributed by atoms with Crippen molar-refractivity contribution in [1.82, 2.24) is 0 Å². The van der Waals surface area contributed by atoms with Gasteiger partial charge in [-0.15, -0.1) is 0 Å². The van der Waals surface area contributed by atoms with E-state index in [-0.39, 0.29) is 33.4 Å². The molecule has 0 aromatic rings. The molecule has 1 aliphatic carbocycles. The minimum absolute atomic E-state index is 0. The summed E-state index contributed by atoms with van der Waals surface area (Å²) in [6.07, 6.45) is 8.06. The largest absolute Gasteiger partial charge is 4.00 e. The number of rotatable bonds is 3. The van der Waals surface area contributed by atoms with Gasteiger partial charge in [-0.1, -0.05) is 38.5 Å². The van der Waals surface area contributed by atoms with E-state index in [0.717, 1.165) is 0 Å². The third kappa shape index (κ3) is 25.7. The quantitative estimate of drug-likeness (QED) is 0.662. The van der Waals surface area contributed by atoms with Crippen molar-refractivity contribution in [3.05, 3.63) is 12.3 Å². The molecule has 0 amide bonds. The Morgan fingerprint density at radius 3 is 1.00 bits per heavy atom. The van der Waals surface area contributed by atoms with Gasteiger partial charge in [-0.2, -0.15) is 0 Å². The zero-order valence-corrected chi connectivity index (χ0v) is 12.0. The van der Waals surface area contributed by atoms with E-state index in [0.29, 0.717) is 0 Å². The van der Waals surface area contributed by atoms with Crippen molar-refractivity contribution >= 4 is 11.9 Å². The molecular weight excluding hydrogens is 407 g/mol. The Bertz CT molecular complexity index is 162. The Kier molecular flexibility index (Phi) is 26.8. The van der Waals surface area contributed by atoms with Crippen molar-refractivity contribution in [2.75, 3.05) is 0 Å². The summed E-state index contributed by atoms with van der Waals surface area (Å²) < 4.78 is 0. The molecule has 1 saturated carbocycles. The van der Waals surface area contributed by atoms with Crippen LogP contribution in [0.3, 0.4) is 0 Å². The summed E-state index contributed by atoms with van der Waals surface area (Å²) in [5, 5.41) is 19.0. The number of carbonyl (C=O) groups is 2. The second-order valence-corrected chi connectivity index (χ2v) is 3.37. The average molecular weight is 427 g/mol. The third-order valence-corrected chi connectivity index (χ3v) is 2.03. The van der Waals surface area contributed by atoms with Gasteiger partial charge in [0.2, 0.25) is 0 Å². The number of nitrogens with two attached hydrogens (primary N) is 2. The van der Waals surface area contributed by atoms with Gasteiger partial charge in [0.15, 0.2) is 0 Å². The molecule has 0 radical (unpaired) electrons. The first kappa shape index (κ1) is 25.4. The molecule has 0 aliphatic heterocycles. The van der Waals surface area contributed by atoms with Gasteiger partial charge in [0.1, 0.15) is 0 Å². The van der Waals surface area contributed by atoms with Crippen molar-refractivity contribution in [2.24, 2.45) is 0 Å². The topological polar surface area (TPSA) is 147 Å². The average Bonchev–Trinajstić information content (AvgIpc) is 2.18. The third-order valence-electron chi connectivity index (χ3n) is 2.03. The van der Waals surface area contributed by atoms with Crippen LogP contribution in [-0.4, -0.2) is 11.9 Å². The SMILES string of the molecule is C1CCCCC1.O=C([O-])CCC(=O)[O-].[NH2-].[NH2-].[Pt+4]. The van der Waals surface area contributed by atoms with E-state index >= 15 is 0 Å². The van der Waals surface area contributed by atoms with Gasteiger partial charge < -0.3 is 32.1 Å². The maximum Gasteiger partial charge on any atom is 4.00 e. The van der Waals surface area contributed by atoms with E-state index in [1.165, 1.54) is 38.5 Å². The standard InChI is InChI=1S/C6H12.C4H6O4.2H2N.Pt/c1-2-4-6-5-3-1;5-3(6)1-2-4(7)8;;;/h1-6H2;1-2H2,(H,5,6)(H,7,8);2*1H2;/q;;2*-1;+4/p-2. The zero-order chi connectivity index (χ0) is 10.8. The Morgan fingerprint density at radius 1 is 0.706 bits per heavy atom. The maximum absolute atomic E-state index is 9.50. The molecule has 0 saturated heterocycles. The summed E-state index contributed by atoms with van der Waals surface area (Å²) >= 11 is 0. The molecule has 0 aromatic heterocycles. The Morgan fingerprint density at radius 2 is 0.882 bits per heavy atom. The van der Waals surface area contributed by atoms with Gasteiger partial charge in [-0.05, 0) is 12.8 Å². The van der Waals surface area contributed by atoms with Gasteiger partial charge in [0.05, 0.1) is 0 Å². The Balaban J connectivity index is -0.0000000860. The summed E-state index contributed by atoms with van der Waals surface area (Å²) in [5.41, 5.74) is 0. The van der Waals surface area contributed by atoms with Crippen molar-refractivity contribution in [2.45, 2.75) is 51.4 Å². The van der Waals surface area contributed by atoms with Gasteiger partial charge >= 0.3 is 21.1 Å². The number of carboxylic acids is 2. The van der Waals surface area contributed by atoms with E-state index in [4.69, 9.17) is 0 Å². The molecule has 6 nitrogen and oxygen atoms in total. The van der Waals surface area contributed by atoms with Crippen LogP contribution in [0.5, 0.6) is 0 Å². The molecule has 1 fully saturated rings. The van der Waals surface area contributed by atoms with Crippen LogP contribution in [0.25, 0.3) is 12.3 Å².